The van der Waals surface area contributed by atoms with Crippen LogP contribution >= 0.6 is 0 Å². The van der Waals surface area contributed by atoms with E-state index in [1.807, 2.05) is 0 Å². The molecule has 0 spiro atoms. The summed E-state index contributed by atoms with van der Waals surface area (Å²) in [5.74, 6) is -0.752. The third kappa shape index (κ3) is 2.27. The number of carbonyl (C=O) groups excluding carboxylic acids is 1. The molecular weight excluding hydrogens is 234 g/mol. The number of hydrogen-bond donors (Lipinski definition) is 3. The first-order chi connectivity index (χ1) is 8.53. The second kappa shape index (κ2) is 4.64. The number of anilines is 1. The molecule has 0 aliphatic heterocycles. The molecule has 0 bridgehead atoms. The first-order valence-electron chi connectivity index (χ1n) is 5.77. The molecule has 1 aliphatic rings. The summed E-state index contributed by atoms with van der Waals surface area (Å²) in [7, 11) is 0. The Labute approximate surface area is 104 Å². The van der Waals surface area contributed by atoms with Crippen LogP contribution in [0.25, 0.3) is 0 Å². The smallest absolute Gasteiger partial charge is 0.311 e. The fraction of sp³-hybridized carbons (Fsp3) is 0.417. The number of hydrogen-bond acceptors (Lipinski definition) is 4. The van der Waals surface area contributed by atoms with E-state index in [9.17, 15) is 9.59 Å². The molecule has 1 heterocycles. The van der Waals surface area contributed by atoms with E-state index in [1.165, 1.54) is 6.20 Å². The number of primary amides is 1. The number of nitrogens with two attached hydrogens (primary N) is 1. The molecule has 96 valence electrons. The Kier molecular flexibility index (Phi) is 3.18. The van der Waals surface area contributed by atoms with Crippen LogP contribution in [0.1, 0.15) is 29.6 Å². The summed E-state index contributed by atoms with van der Waals surface area (Å²) in [6, 6.07) is 3.18. The summed E-state index contributed by atoms with van der Waals surface area (Å²) < 4.78 is 0. The summed E-state index contributed by atoms with van der Waals surface area (Å²) in [4.78, 5) is 26.0. The number of aromatic nitrogens is 1. The summed E-state index contributed by atoms with van der Waals surface area (Å²) in [5.41, 5.74) is 4.77. The molecule has 1 saturated carbocycles. The van der Waals surface area contributed by atoms with E-state index in [0.29, 0.717) is 30.8 Å². The van der Waals surface area contributed by atoms with Gasteiger partial charge in [0, 0.05) is 12.7 Å². The molecular formula is C12H15N3O3. The monoisotopic (exact) mass is 249 g/mol. The van der Waals surface area contributed by atoms with Gasteiger partial charge in [-0.15, -0.1) is 0 Å². The minimum Gasteiger partial charge on any atom is -0.481 e. The highest BCUT2D eigenvalue weighted by atomic mass is 16.4. The lowest BCUT2D eigenvalue weighted by Crippen LogP contribution is -2.43. The lowest BCUT2D eigenvalue weighted by Gasteiger charge is -2.37. The lowest BCUT2D eigenvalue weighted by molar-refractivity contribution is -0.153. The maximum Gasteiger partial charge on any atom is 0.311 e. The molecule has 1 aromatic heterocycles. The minimum absolute atomic E-state index is 0.331. The maximum absolute atomic E-state index is 11.1. The van der Waals surface area contributed by atoms with Gasteiger partial charge in [0.1, 0.15) is 5.82 Å². The number of carboxylic acids is 1. The van der Waals surface area contributed by atoms with Gasteiger partial charge in [0.25, 0.3) is 0 Å². The van der Waals surface area contributed by atoms with Gasteiger partial charge in [0.05, 0.1) is 11.0 Å². The highest BCUT2D eigenvalue weighted by molar-refractivity contribution is 5.92. The number of carboxylic acid groups (broad SMARTS) is 1. The first kappa shape index (κ1) is 12.3. The van der Waals surface area contributed by atoms with Gasteiger partial charge in [-0.05, 0) is 25.0 Å². The van der Waals surface area contributed by atoms with Crippen LogP contribution in [0.5, 0.6) is 0 Å². The molecule has 0 unspecified atom stereocenters. The Hall–Kier alpha value is -2.11. The third-order valence-electron chi connectivity index (χ3n) is 3.42. The summed E-state index contributed by atoms with van der Waals surface area (Å²) in [6.45, 7) is 0.352. The van der Waals surface area contributed by atoms with Crippen LogP contribution in [0.2, 0.25) is 0 Å². The summed E-state index contributed by atoms with van der Waals surface area (Å²) >= 11 is 0. The zero-order chi connectivity index (χ0) is 13.2. The molecule has 0 atom stereocenters. The standard InChI is InChI=1S/C12H15N3O3/c13-10(16)8-2-3-9(14-6-8)15-7-12(11(17)18)4-1-5-12/h2-3,6H,1,4-5,7H2,(H2,13,16)(H,14,15)(H,17,18). The molecule has 18 heavy (non-hydrogen) atoms. The second-order valence-electron chi connectivity index (χ2n) is 4.59. The largest absolute Gasteiger partial charge is 0.481 e. The van der Waals surface area contributed by atoms with Gasteiger partial charge >= 0.3 is 5.97 Å². The van der Waals surface area contributed by atoms with Crippen molar-refractivity contribution in [2.75, 3.05) is 11.9 Å². The molecule has 1 amide bonds. The molecule has 0 radical (unpaired) electrons. The predicted octanol–water partition coefficient (Wildman–Crippen LogP) is 0.847. The minimum atomic E-state index is -0.769. The van der Waals surface area contributed by atoms with Crippen LogP contribution in [-0.4, -0.2) is 28.5 Å². The molecule has 0 saturated heterocycles. The van der Waals surface area contributed by atoms with Gasteiger partial charge in [-0.2, -0.15) is 0 Å². The van der Waals surface area contributed by atoms with Gasteiger partial charge in [-0.1, -0.05) is 6.42 Å². The number of aliphatic carboxylic acids is 1. The second-order valence-corrected chi connectivity index (χ2v) is 4.59. The maximum atomic E-state index is 11.1. The fourth-order valence-electron chi connectivity index (χ4n) is 1.97. The van der Waals surface area contributed by atoms with Crippen LogP contribution < -0.4 is 11.1 Å². The number of carbonyl (C=O) groups is 2. The average molecular weight is 249 g/mol. The van der Waals surface area contributed by atoms with Gasteiger partial charge in [0.15, 0.2) is 0 Å². The SMILES string of the molecule is NC(=O)c1ccc(NCC2(C(=O)O)CCC2)nc1. The molecule has 6 nitrogen and oxygen atoms in total. The zero-order valence-electron chi connectivity index (χ0n) is 9.85. The van der Waals surface area contributed by atoms with Gasteiger partial charge in [0.2, 0.25) is 5.91 Å². The number of amides is 1. The molecule has 1 aliphatic carbocycles. The van der Waals surface area contributed by atoms with Crippen LogP contribution in [0.15, 0.2) is 18.3 Å². The Balaban J connectivity index is 1.98. The molecule has 2 rings (SSSR count). The predicted molar refractivity (Wildman–Crippen MR) is 65.2 cm³/mol. The molecule has 4 N–H and O–H groups in total. The highest BCUT2D eigenvalue weighted by Gasteiger charge is 2.44. The molecule has 1 fully saturated rings. The molecule has 6 heteroatoms. The van der Waals surface area contributed by atoms with E-state index in [4.69, 9.17) is 10.8 Å². The van der Waals surface area contributed by atoms with Crippen molar-refractivity contribution in [1.29, 1.82) is 0 Å². The highest BCUT2D eigenvalue weighted by Crippen LogP contribution is 2.41. The van der Waals surface area contributed by atoms with Crippen LogP contribution in [0, 0.1) is 5.41 Å². The Bertz CT molecular complexity index is 466. The van der Waals surface area contributed by atoms with E-state index >= 15 is 0 Å². The van der Waals surface area contributed by atoms with E-state index < -0.39 is 17.3 Å². The van der Waals surface area contributed by atoms with E-state index in [-0.39, 0.29) is 0 Å². The van der Waals surface area contributed by atoms with Crippen molar-refractivity contribution in [3.63, 3.8) is 0 Å². The number of nitrogens with one attached hydrogen (secondary N) is 1. The van der Waals surface area contributed by atoms with Crippen molar-refractivity contribution >= 4 is 17.7 Å². The van der Waals surface area contributed by atoms with Crippen LogP contribution in [-0.2, 0) is 4.79 Å². The normalized spacial score (nSPS) is 16.7. The average Bonchev–Trinajstić information content (AvgIpc) is 2.27. The number of nitrogens with zero attached hydrogens (tertiary/aromatic N) is 1. The van der Waals surface area contributed by atoms with Gasteiger partial charge in [-0.3, -0.25) is 9.59 Å². The Morgan fingerprint density at radius 1 is 1.44 bits per heavy atom. The van der Waals surface area contributed by atoms with Crippen molar-refractivity contribution in [3.05, 3.63) is 23.9 Å². The first-order valence-corrected chi connectivity index (χ1v) is 5.77. The summed E-state index contributed by atoms with van der Waals surface area (Å²) in [5, 5.41) is 12.1. The number of pyridine rings is 1. The van der Waals surface area contributed by atoms with Gasteiger partial charge < -0.3 is 16.2 Å². The molecule has 0 aromatic carbocycles. The van der Waals surface area contributed by atoms with Crippen LogP contribution in [0.4, 0.5) is 5.82 Å². The van der Waals surface area contributed by atoms with Crippen molar-refractivity contribution in [2.24, 2.45) is 11.1 Å². The fourth-order valence-corrected chi connectivity index (χ4v) is 1.97. The van der Waals surface area contributed by atoms with E-state index in [2.05, 4.69) is 10.3 Å². The van der Waals surface area contributed by atoms with Crippen molar-refractivity contribution < 1.29 is 14.7 Å². The van der Waals surface area contributed by atoms with Gasteiger partial charge in [-0.25, -0.2) is 4.98 Å². The Morgan fingerprint density at radius 2 is 2.17 bits per heavy atom. The Morgan fingerprint density at radius 3 is 2.56 bits per heavy atom. The summed E-state index contributed by atoms with van der Waals surface area (Å²) in [6.07, 6.45) is 3.70. The van der Waals surface area contributed by atoms with E-state index in [0.717, 1.165) is 6.42 Å². The van der Waals surface area contributed by atoms with Crippen molar-refractivity contribution in [2.45, 2.75) is 19.3 Å². The number of rotatable bonds is 5. The van der Waals surface area contributed by atoms with Crippen molar-refractivity contribution in [1.82, 2.24) is 4.98 Å². The lowest BCUT2D eigenvalue weighted by atomic mass is 9.69. The zero-order valence-corrected chi connectivity index (χ0v) is 9.85. The molecule has 1 aromatic rings. The van der Waals surface area contributed by atoms with E-state index in [1.54, 1.807) is 12.1 Å². The quantitative estimate of drug-likeness (QED) is 0.717. The third-order valence-corrected chi connectivity index (χ3v) is 3.42. The van der Waals surface area contributed by atoms with Crippen molar-refractivity contribution in [3.8, 4) is 0 Å². The topological polar surface area (TPSA) is 105 Å². The van der Waals surface area contributed by atoms with Crippen LogP contribution in [0.3, 0.4) is 0 Å².